The predicted molar refractivity (Wildman–Crippen MR) is 93.5 cm³/mol. The van der Waals surface area contributed by atoms with Gasteiger partial charge >= 0.3 is 6.03 Å². The molecule has 2 amide bonds. The minimum Gasteiger partial charge on any atom is -0.378 e. The highest BCUT2D eigenvalue weighted by atomic mass is 16.5. The van der Waals surface area contributed by atoms with Crippen LogP contribution in [0.2, 0.25) is 0 Å². The maximum atomic E-state index is 12.3. The fourth-order valence-corrected chi connectivity index (χ4v) is 2.98. The zero-order valence-electron chi connectivity index (χ0n) is 15.5. The van der Waals surface area contributed by atoms with E-state index in [2.05, 4.69) is 25.7 Å². The second kappa shape index (κ2) is 8.31. The van der Waals surface area contributed by atoms with Crippen LogP contribution < -0.4 is 5.32 Å². The van der Waals surface area contributed by atoms with Gasteiger partial charge in [-0.25, -0.2) is 4.79 Å². The number of hydrogen-bond acceptors (Lipinski definition) is 6. The molecule has 0 bridgehead atoms. The van der Waals surface area contributed by atoms with Crippen LogP contribution in [0.4, 0.5) is 4.79 Å². The molecule has 2 aromatic rings. The molecule has 1 fully saturated rings. The normalized spacial score (nSPS) is 15.6. The lowest BCUT2D eigenvalue weighted by molar-refractivity contribution is 0.175. The summed E-state index contributed by atoms with van der Waals surface area (Å²) in [6, 6.07) is 1.82. The van der Waals surface area contributed by atoms with Crippen LogP contribution >= 0.6 is 0 Å². The number of aromatic nitrogens is 4. The Bertz CT molecular complexity index is 718. The zero-order valence-corrected chi connectivity index (χ0v) is 15.5. The Kier molecular flexibility index (Phi) is 5.87. The molecule has 0 radical (unpaired) electrons. The van der Waals surface area contributed by atoms with Crippen LogP contribution in [0.25, 0.3) is 0 Å². The smallest absolute Gasteiger partial charge is 0.317 e. The van der Waals surface area contributed by atoms with Crippen molar-refractivity contribution in [3.63, 3.8) is 0 Å². The average molecular weight is 362 g/mol. The van der Waals surface area contributed by atoms with Crippen molar-refractivity contribution >= 4 is 6.03 Å². The van der Waals surface area contributed by atoms with E-state index in [1.165, 1.54) is 0 Å². The van der Waals surface area contributed by atoms with Gasteiger partial charge in [-0.15, -0.1) is 0 Å². The van der Waals surface area contributed by atoms with Crippen molar-refractivity contribution in [1.29, 1.82) is 0 Å². The van der Waals surface area contributed by atoms with Crippen molar-refractivity contribution in [2.24, 2.45) is 0 Å². The lowest BCUT2D eigenvalue weighted by atomic mass is 9.97. The lowest BCUT2D eigenvalue weighted by Gasteiger charge is -2.30. The van der Waals surface area contributed by atoms with Crippen molar-refractivity contribution in [3.05, 3.63) is 29.2 Å². The summed E-state index contributed by atoms with van der Waals surface area (Å²) in [7, 11) is 1.62. The number of rotatable bonds is 6. The molecule has 0 saturated carbocycles. The molecule has 9 heteroatoms. The van der Waals surface area contributed by atoms with Crippen molar-refractivity contribution in [1.82, 2.24) is 30.6 Å². The maximum Gasteiger partial charge on any atom is 0.317 e. The summed E-state index contributed by atoms with van der Waals surface area (Å²) in [4.78, 5) is 18.6. The highest BCUT2D eigenvalue weighted by Gasteiger charge is 2.27. The first-order valence-electron chi connectivity index (χ1n) is 8.95. The number of ether oxygens (including phenoxy) is 1. The van der Waals surface area contributed by atoms with Crippen LogP contribution in [0.3, 0.4) is 0 Å². The SMILES string of the molecule is COCc1cc(CNC(=O)N2CCC(c3nc(C(C)C)no3)CC2)[nH]n1. The molecule has 9 nitrogen and oxygen atoms in total. The molecule has 0 unspecified atom stereocenters. The Morgan fingerprint density at radius 1 is 1.46 bits per heavy atom. The average Bonchev–Trinajstić information content (AvgIpc) is 3.30. The van der Waals surface area contributed by atoms with E-state index in [0.29, 0.717) is 32.1 Å². The van der Waals surface area contributed by atoms with Gasteiger partial charge in [0.2, 0.25) is 5.89 Å². The molecule has 2 aromatic heterocycles. The molecular formula is C17H26N6O3. The van der Waals surface area contributed by atoms with E-state index in [4.69, 9.17) is 9.26 Å². The Morgan fingerprint density at radius 3 is 2.88 bits per heavy atom. The highest BCUT2D eigenvalue weighted by molar-refractivity contribution is 5.74. The van der Waals surface area contributed by atoms with E-state index in [1.807, 2.05) is 24.8 Å². The van der Waals surface area contributed by atoms with Gasteiger partial charge in [0, 0.05) is 32.0 Å². The Hall–Kier alpha value is -2.42. The van der Waals surface area contributed by atoms with Gasteiger partial charge in [-0.05, 0) is 18.9 Å². The molecule has 26 heavy (non-hydrogen) atoms. The second-order valence-electron chi connectivity index (χ2n) is 6.88. The Balaban J connectivity index is 1.45. The third-order valence-corrected chi connectivity index (χ3v) is 4.51. The number of carbonyl (C=O) groups excluding carboxylic acids is 1. The number of likely N-dealkylation sites (tertiary alicyclic amines) is 1. The zero-order chi connectivity index (χ0) is 18.5. The van der Waals surface area contributed by atoms with Crippen molar-refractivity contribution < 1.29 is 14.1 Å². The Morgan fingerprint density at radius 2 is 2.23 bits per heavy atom. The van der Waals surface area contributed by atoms with Gasteiger partial charge in [-0.3, -0.25) is 5.10 Å². The number of amides is 2. The fourth-order valence-electron chi connectivity index (χ4n) is 2.98. The summed E-state index contributed by atoms with van der Waals surface area (Å²) < 4.78 is 10.4. The number of nitrogens with one attached hydrogen (secondary N) is 2. The van der Waals surface area contributed by atoms with Gasteiger partial charge in [-0.1, -0.05) is 19.0 Å². The van der Waals surface area contributed by atoms with E-state index in [9.17, 15) is 4.79 Å². The number of nitrogens with zero attached hydrogens (tertiary/aromatic N) is 4. The minimum atomic E-state index is -0.0697. The van der Waals surface area contributed by atoms with E-state index >= 15 is 0 Å². The van der Waals surface area contributed by atoms with Gasteiger partial charge < -0.3 is 19.5 Å². The summed E-state index contributed by atoms with van der Waals surface area (Å²) in [5, 5.41) is 14.0. The number of piperidine rings is 1. The second-order valence-corrected chi connectivity index (χ2v) is 6.88. The number of methoxy groups -OCH3 is 1. The van der Waals surface area contributed by atoms with E-state index in [1.54, 1.807) is 7.11 Å². The van der Waals surface area contributed by atoms with Crippen LogP contribution in [-0.2, 0) is 17.9 Å². The first-order chi connectivity index (χ1) is 12.6. The van der Waals surface area contributed by atoms with Gasteiger partial charge in [0.25, 0.3) is 0 Å². The van der Waals surface area contributed by atoms with Crippen LogP contribution in [0.1, 0.15) is 61.6 Å². The van der Waals surface area contributed by atoms with E-state index < -0.39 is 0 Å². The van der Waals surface area contributed by atoms with Crippen LogP contribution in [-0.4, -0.2) is 51.5 Å². The number of aromatic amines is 1. The van der Waals surface area contributed by atoms with Gasteiger partial charge in [0.1, 0.15) is 0 Å². The topological polar surface area (TPSA) is 109 Å². The number of carbonyl (C=O) groups is 1. The van der Waals surface area contributed by atoms with E-state index in [-0.39, 0.29) is 17.9 Å². The largest absolute Gasteiger partial charge is 0.378 e. The predicted octanol–water partition coefficient (Wildman–Crippen LogP) is 2.15. The summed E-state index contributed by atoms with van der Waals surface area (Å²) in [6.07, 6.45) is 1.66. The Labute approximate surface area is 152 Å². The monoisotopic (exact) mass is 362 g/mol. The third-order valence-electron chi connectivity index (χ3n) is 4.51. The molecule has 1 aliphatic rings. The van der Waals surface area contributed by atoms with Crippen LogP contribution in [0, 0.1) is 0 Å². The summed E-state index contributed by atoms with van der Waals surface area (Å²) in [5.74, 6) is 1.91. The molecular weight excluding hydrogens is 336 g/mol. The summed E-state index contributed by atoms with van der Waals surface area (Å²) >= 11 is 0. The van der Waals surface area contributed by atoms with E-state index in [0.717, 1.165) is 30.1 Å². The molecule has 1 saturated heterocycles. The molecule has 0 aliphatic carbocycles. The quantitative estimate of drug-likeness (QED) is 0.815. The summed E-state index contributed by atoms with van der Waals surface area (Å²) in [5.41, 5.74) is 1.67. The molecule has 0 atom stereocenters. The first-order valence-corrected chi connectivity index (χ1v) is 8.95. The number of hydrogen-bond donors (Lipinski definition) is 2. The molecule has 3 heterocycles. The molecule has 2 N–H and O–H groups in total. The highest BCUT2D eigenvalue weighted by Crippen LogP contribution is 2.27. The van der Waals surface area contributed by atoms with Crippen LogP contribution in [0.15, 0.2) is 10.6 Å². The summed E-state index contributed by atoms with van der Waals surface area (Å²) in [6.45, 7) is 6.30. The molecule has 0 aromatic carbocycles. The number of H-pyrrole nitrogens is 1. The number of urea groups is 1. The molecule has 3 rings (SSSR count). The van der Waals surface area contributed by atoms with Crippen molar-refractivity contribution in [3.8, 4) is 0 Å². The molecule has 1 aliphatic heterocycles. The molecule has 142 valence electrons. The minimum absolute atomic E-state index is 0.0697. The van der Waals surface area contributed by atoms with Crippen molar-refractivity contribution in [2.75, 3.05) is 20.2 Å². The maximum absolute atomic E-state index is 12.3. The first kappa shape index (κ1) is 18.4. The third kappa shape index (κ3) is 4.40. The van der Waals surface area contributed by atoms with Gasteiger partial charge in [0.05, 0.1) is 24.5 Å². The lowest BCUT2D eigenvalue weighted by Crippen LogP contribution is -2.43. The van der Waals surface area contributed by atoms with Gasteiger partial charge in [-0.2, -0.15) is 10.1 Å². The standard InChI is InChI=1S/C17H26N6O3/c1-11(2)15-19-16(26-22-15)12-4-6-23(7-5-12)17(24)18-9-13-8-14(10-25-3)21-20-13/h8,11-12H,4-7,9-10H2,1-3H3,(H,18,24)(H,20,21). The fraction of sp³-hybridized carbons (Fsp3) is 0.647. The van der Waals surface area contributed by atoms with Gasteiger partial charge in [0.15, 0.2) is 5.82 Å². The van der Waals surface area contributed by atoms with Crippen molar-refractivity contribution in [2.45, 2.75) is 51.7 Å². The molecule has 0 spiro atoms. The van der Waals surface area contributed by atoms with Crippen LogP contribution in [0.5, 0.6) is 0 Å².